The van der Waals surface area contributed by atoms with Crippen LogP contribution in [0.1, 0.15) is 44.5 Å². The molecule has 5 nitrogen and oxygen atoms in total. The molecule has 3 aromatic rings. The van der Waals surface area contributed by atoms with Gasteiger partial charge in [-0.1, -0.05) is 18.2 Å². The van der Waals surface area contributed by atoms with Crippen molar-refractivity contribution in [1.29, 1.82) is 0 Å². The van der Waals surface area contributed by atoms with Crippen LogP contribution in [0, 0.1) is 6.92 Å². The third kappa shape index (κ3) is 5.49. The van der Waals surface area contributed by atoms with Gasteiger partial charge >= 0.3 is 6.18 Å². The highest BCUT2D eigenvalue weighted by Crippen LogP contribution is 2.29. The average Bonchev–Trinajstić information content (AvgIpc) is 3.07. The van der Waals surface area contributed by atoms with Gasteiger partial charge in [-0.3, -0.25) is 9.59 Å². The van der Waals surface area contributed by atoms with E-state index in [1.807, 2.05) is 31.4 Å². The van der Waals surface area contributed by atoms with Crippen molar-refractivity contribution in [1.82, 2.24) is 9.88 Å². The molecule has 2 aromatic carbocycles. The maximum Gasteiger partial charge on any atom is 0.416 e. The van der Waals surface area contributed by atoms with Crippen LogP contribution >= 0.6 is 11.3 Å². The number of nitrogens with one attached hydrogen (secondary N) is 1. The zero-order valence-electron chi connectivity index (χ0n) is 16.9. The van der Waals surface area contributed by atoms with Crippen LogP contribution in [0.25, 0.3) is 0 Å². The molecular formula is C22H20F3N3O2S. The minimum Gasteiger partial charge on any atom is -0.352 e. The number of nitrogens with zero attached hydrogens (tertiary/aromatic N) is 2. The first-order valence-corrected chi connectivity index (χ1v) is 10.4. The van der Waals surface area contributed by atoms with E-state index in [1.54, 1.807) is 16.7 Å². The van der Waals surface area contributed by atoms with Crippen molar-refractivity contribution in [2.45, 2.75) is 26.6 Å². The molecule has 0 spiro atoms. The van der Waals surface area contributed by atoms with Gasteiger partial charge in [0.2, 0.25) is 0 Å². The van der Waals surface area contributed by atoms with Gasteiger partial charge in [0.1, 0.15) is 0 Å². The number of halogens is 3. The number of thiazole rings is 1. The molecule has 0 atom stereocenters. The Balaban J connectivity index is 1.86. The van der Waals surface area contributed by atoms with Gasteiger partial charge in [0.05, 0.1) is 12.1 Å². The molecule has 0 aliphatic carbocycles. The largest absolute Gasteiger partial charge is 0.416 e. The van der Waals surface area contributed by atoms with Gasteiger partial charge in [-0.15, -0.1) is 11.3 Å². The Labute approximate surface area is 180 Å². The van der Waals surface area contributed by atoms with Gasteiger partial charge in [-0.2, -0.15) is 18.2 Å². The predicted octanol–water partition coefficient (Wildman–Crippen LogP) is 4.42. The molecule has 2 amide bonds. The summed E-state index contributed by atoms with van der Waals surface area (Å²) >= 11 is 1.23. The molecule has 0 bridgehead atoms. The second-order valence-corrected chi connectivity index (χ2v) is 7.63. The zero-order valence-corrected chi connectivity index (χ0v) is 17.7. The molecule has 0 saturated heterocycles. The van der Waals surface area contributed by atoms with Gasteiger partial charge in [-0.25, -0.2) is 0 Å². The standard InChI is InChI=1S/C22H20F3N3O2S/c1-3-26-19(29)16-9-7-15(8-10-16)12-28-14(2)13-31-21(28)27-20(30)17-5-4-6-18(11-17)22(23,24)25/h4-11,13H,3,12H2,1-2H3,(H,26,29). The number of amides is 2. The molecule has 0 fully saturated rings. The normalized spacial score (nSPS) is 12.1. The van der Waals surface area contributed by atoms with Crippen molar-refractivity contribution < 1.29 is 22.8 Å². The Bertz CT molecular complexity index is 1160. The number of aryl methyl sites for hydroxylation is 1. The Morgan fingerprint density at radius 1 is 1.10 bits per heavy atom. The summed E-state index contributed by atoms with van der Waals surface area (Å²) in [5.41, 5.74) is 1.27. The van der Waals surface area contributed by atoms with E-state index in [0.29, 0.717) is 23.5 Å². The van der Waals surface area contributed by atoms with Gasteiger partial charge < -0.3 is 9.88 Å². The first-order chi connectivity index (χ1) is 14.7. The highest BCUT2D eigenvalue weighted by atomic mass is 32.1. The van der Waals surface area contributed by atoms with Crippen LogP contribution in [-0.4, -0.2) is 22.9 Å². The van der Waals surface area contributed by atoms with E-state index >= 15 is 0 Å². The summed E-state index contributed by atoms with van der Waals surface area (Å²) in [5, 5.41) is 4.55. The second kappa shape index (κ2) is 9.30. The van der Waals surface area contributed by atoms with Crippen LogP contribution in [0.15, 0.2) is 58.9 Å². The van der Waals surface area contributed by atoms with E-state index in [0.717, 1.165) is 23.4 Å². The summed E-state index contributed by atoms with van der Waals surface area (Å²) in [6.45, 7) is 4.64. The first kappa shape index (κ1) is 22.5. The minimum atomic E-state index is -4.53. The summed E-state index contributed by atoms with van der Waals surface area (Å²) in [4.78, 5) is 28.8. The van der Waals surface area contributed by atoms with E-state index in [4.69, 9.17) is 0 Å². The Morgan fingerprint density at radius 3 is 2.45 bits per heavy atom. The predicted molar refractivity (Wildman–Crippen MR) is 112 cm³/mol. The van der Waals surface area contributed by atoms with Crippen molar-refractivity contribution in [2.75, 3.05) is 6.54 Å². The Kier molecular flexibility index (Phi) is 6.74. The molecule has 0 radical (unpaired) electrons. The molecule has 1 N–H and O–H groups in total. The molecule has 0 aliphatic heterocycles. The number of alkyl halides is 3. The monoisotopic (exact) mass is 447 g/mol. The Morgan fingerprint density at radius 2 is 1.81 bits per heavy atom. The van der Waals surface area contributed by atoms with Crippen LogP contribution in [0.5, 0.6) is 0 Å². The third-order valence-electron chi connectivity index (χ3n) is 4.52. The van der Waals surface area contributed by atoms with Crippen molar-refractivity contribution >= 4 is 23.2 Å². The van der Waals surface area contributed by atoms with Gasteiger partial charge in [0.15, 0.2) is 4.80 Å². The van der Waals surface area contributed by atoms with Gasteiger partial charge in [-0.05, 0) is 49.7 Å². The fourth-order valence-corrected chi connectivity index (χ4v) is 3.76. The molecular weight excluding hydrogens is 427 g/mol. The topological polar surface area (TPSA) is 63.5 Å². The lowest BCUT2D eigenvalue weighted by Gasteiger charge is -2.08. The third-order valence-corrected chi connectivity index (χ3v) is 5.50. The number of hydrogen-bond acceptors (Lipinski definition) is 3. The quantitative estimate of drug-likeness (QED) is 0.630. The fourth-order valence-electron chi connectivity index (χ4n) is 2.88. The first-order valence-electron chi connectivity index (χ1n) is 9.47. The highest BCUT2D eigenvalue weighted by molar-refractivity contribution is 7.07. The van der Waals surface area contributed by atoms with Gasteiger partial charge in [0, 0.05) is 28.7 Å². The summed E-state index contributed by atoms with van der Waals surface area (Å²) in [6.07, 6.45) is -4.53. The number of benzene rings is 2. The lowest BCUT2D eigenvalue weighted by Crippen LogP contribution is -2.22. The van der Waals surface area contributed by atoms with E-state index < -0.39 is 17.6 Å². The summed E-state index contributed by atoms with van der Waals surface area (Å²) < 4.78 is 40.6. The zero-order chi connectivity index (χ0) is 22.6. The number of carbonyl (C=O) groups excluding carboxylic acids is 2. The average molecular weight is 447 g/mol. The second-order valence-electron chi connectivity index (χ2n) is 6.80. The lowest BCUT2D eigenvalue weighted by molar-refractivity contribution is -0.137. The van der Waals surface area contributed by atoms with Crippen molar-refractivity contribution in [3.05, 3.63) is 86.7 Å². The minimum absolute atomic E-state index is 0.126. The molecule has 9 heteroatoms. The lowest BCUT2D eigenvalue weighted by atomic mass is 10.1. The maximum absolute atomic E-state index is 12.9. The van der Waals surface area contributed by atoms with E-state index in [9.17, 15) is 22.8 Å². The molecule has 1 heterocycles. The number of hydrogen-bond donors (Lipinski definition) is 1. The molecule has 1 aromatic heterocycles. The van der Waals surface area contributed by atoms with Crippen LogP contribution in [0.4, 0.5) is 13.2 Å². The van der Waals surface area contributed by atoms with Crippen LogP contribution in [0.2, 0.25) is 0 Å². The molecule has 0 aliphatic rings. The molecule has 0 unspecified atom stereocenters. The number of rotatable bonds is 5. The maximum atomic E-state index is 12.9. The molecule has 162 valence electrons. The number of aromatic nitrogens is 1. The number of carbonyl (C=O) groups is 2. The summed E-state index contributed by atoms with van der Waals surface area (Å²) in [7, 11) is 0. The van der Waals surface area contributed by atoms with Crippen molar-refractivity contribution in [2.24, 2.45) is 4.99 Å². The van der Waals surface area contributed by atoms with Crippen molar-refractivity contribution in [3.8, 4) is 0 Å². The fraction of sp³-hybridized carbons (Fsp3) is 0.227. The van der Waals surface area contributed by atoms with Crippen LogP contribution in [-0.2, 0) is 12.7 Å². The van der Waals surface area contributed by atoms with Crippen LogP contribution < -0.4 is 10.1 Å². The van der Waals surface area contributed by atoms with E-state index in [1.165, 1.54) is 23.5 Å². The van der Waals surface area contributed by atoms with E-state index in [-0.39, 0.29) is 11.5 Å². The molecule has 3 rings (SSSR count). The smallest absolute Gasteiger partial charge is 0.352 e. The summed E-state index contributed by atoms with van der Waals surface area (Å²) in [6, 6.07) is 11.3. The van der Waals surface area contributed by atoms with Crippen molar-refractivity contribution in [3.63, 3.8) is 0 Å². The summed E-state index contributed by atoms with van der Waals surface area (Å²) in [5.74, 6) is -0.899. The van der Waals surface area contributed by atoms with E-state index in [2.05, 4.69) is 10.3 Å². The SMILES string of the molecule is CCNC(=O)c1ccc(Cn2c(C)csc2=NC(=O)c2cccc(C(F)(F)F)c2)cc1. The molecule has 31 heavy (non-hydrogen) atoms. The Hall–Kier alpha value is -3.20. The highest BCUT2D eigenvalue weighted by Gasteiger charge is 2.30. The molecule has 0 saturated carbocycles. The van der Waals surface area contributed by atoms with Crippen LogP contribution in [0.3, 0.4) is 0 Å². The van der Waals surface area contributed by atoms with Gasteiger partial charge in [0.25, 0.3) is 11.8 Å².